The first-order valence-electron chi connectivity index (χ1n) is 12.5. The standard InChI is InChI=1S/C28H32F3N3O5.Na/c1-16(2)26-24(12-11-19(35)13-20(36)14-25(37)38)34(18-9-7-17(29)8-10-18)32-27(26)28(39)33(3)15-21-22(30)5-4-6-23(21)31;/h4-10,16,19-20,35-36H,11-15H2,1-3H3,(H,37,38);/q;+1/p-1. The molecule has 0 radical (unpaired) electrons. The van der Waals surface area contributed by atoms with E-state index in [4.69, 9.17) is 0 Å². The largest absolute Gasteiger partial charge is 1.00 e. The summed E-state index contributed by atoms with van der Waals surface area (Å²) in [6.45, 7) is 3.33. The van der Waals surface area contributed by atoms with Crippen molar-refractivity contribution in [2.75, 3.05) is 7.05 Å². The summed E-state index contributed by atoms with van der Waals surface area (Å²) in [6.07, 6.45) is -2.90. The molecule has 3 aromatic rings. The van der Waals surface area contributed by atoms with Gasteiger partial charge in [-0.15, -0.1) is 0 Å². The van der Waals surface area contributed by atoms with E-state index in [1.807, 2.05) is 13.8 Å². The minimum absolute atomic E-state index is 0. The zero-order chi connectivity index (χ0) is 28.9. The number of aromatic nitrogens is 2. The predicted molar refractivity (Wildman–Crippen MR) is 134 cm³/mol. The Bertz CT molecular complexity index is 1300. The van der Waals surface area contributed by atoms with E-state index < -0.39 is 48.0 Å². The molecule has 210 valence electrons. The number of nitrogens with zero attached hydrogens (tertiary/aromatic N) is 3. The molecular weight excluding hydrogens is 538 g/mol. The number of aliphatic hydroxyl groups excluding tert-OH is 2. The van der Waals surface area contributed by atoms with Crippen LogP contribution in [0.3, 0.4) is 0 Å². The Kier molecular flexibility index (Phi) is 12.4. The van der Waals surface area contributed by atoms with Crippen LogP contribution in [0.5, 0.6) is 0 Å². The van der Waals surface area contributed by atoms with Gasteiger partial charge in [-0.05, 0) is 61.6 Å². The Hall–Kier alpha value is -2.70. The summed E-state index contributed by atoms with van der Waals surface area (Å²) in [5, 5.41) is 35.5. The summed E-state index contributed by atoms with van der Waals surface area (Å²) < 4.78 is 43.6. The van der Waals surface area contributed by atoms with Crippen molar-refractivity contribution in [2.24, 2.45) is 0 Å². The van der Waals surface area contributed by atoms with Gasteiger partial charge in [-0.25, -0.2) is 17.9 Å². The minimum Gasteiger partial charge on any atom is -0.550 e. The van der Waals surface area contributed by atoms with E-state index in [2.05, 4.69) is 5.10 Å². The maximum absolute atomic E-state index is 14.2. The third-order valence-corrected chi connectivity index (χ3v) is 6.34. The first-order chi connectivity index (χ1) is 18.4. The summed E-state index contributed by atoms with van der Waals surface area (Å²) >= 11 is 0. The first kappa shape index (κ1) is 33.5. The Morgan fingerprint density at radius 3 is 2.17 bits per heavy atom. The van der Waals surface area contributed by atoms with Crippen LogP contribution in [0.2, 0.25) is 0 Å². The number of benzene rings is 2. The topological polar surface area (TPSA) is 119 Å². The van der Waals surface area contributed by atoms with Gasteiger partial charge in [0.25, 0.3) is 5.91 Å². The van der Waals surface area contributed by atoms with Gasteiger partial charge in [-0.2, -0.15) is 5.10 Å². The second-order valence-corrected chi connectivity index (χ2v) is 9.77. The second-order valence-electron chi connectivity index (χ2n) is 9.77. The molecule has 2 unspecified atom stereocenters. The van der Waals surface area contributed by atoms with Crippen LogP contribution in [0.25, 0.3) is 5.69 Å². The van der Waals surface area contributed by atoms with Crippen molar-refractivity contribution in [2.45, 2.75) is 64.2 Å². The molecule has 0 bridgehead atoms. The van der Waals surface area contributed by atoms with Crippen LogP contribution in [-0.4, -0.2) is 56.0 Å². The van der Waals surface area contributed by atoms with Crippen molar-refractivity contribution >= 4 is 11.9 Å². The van der Waals surface area contributed by atoms with Crippen LogP contribution >= 0.6 is 0 Å². The van der Waals surface area contributed by atoms with Crippen molar-refractivity contribution in [1.82, 2.24) is 14.7 Å². The van der Waals surface area contributed by atoms with Crippen LogP contribution in [0.1, 0.15) is 66.3 Å². The minimum atomic E-state index is -1.44. The number of rotatable bonds is 12. The second kappa shape index (κ2) is 14.8. The van der Waals surface area contributed by atoms with Crippen LogP contribution in [-0.2, 0) is 17.8 Å². The molecule has 1 aromatic heterocycles. The number of aliphatic carboxylic acids is 1. The van der Waals surface area contributed by atoms with Crippen LogP contribution < -0.4 is 34.7 Å². The van der Waals surface area contributed by atoms with Gasteiger partial charge in [0.1, 0.15) is 17.5 Å². The molecule has 2 aromatic carbocycles. The van der Waals surface area contributed by atoms with Crippen LogP contribution in [0.15, 0.2) is 42.5 Å². The Labute approximate surface area is 252 Å². The fraction of sp³-hybridized carbons (Fsp3) is 0.393. The van der Waals surface area contributed by atoms with Crippen molar-refractivity contribution in [3.05, 3.63) is 82.4 Å². The molecule has 1 amide bonds. The molecule has 2 N–H and O–H groups in total. The predicted octanol–water partition coefficient (Wildman–Crippen LogP) is -0.126. The van der Waals surface area contributed by atoms with Crippen molar-refractivity contribution in [1.29, 1.82) is 0 Å². The van der Waals surface area contributed by atoms with Crippen LogP contribution in [0.4, 0.5) is 13.2 Å². The molecule has 0 aliphatic rings. The SMILES string of the molecule is CC(C)c1c(C(=O)N(C)Cc2c(F)cccc2F)nn(-c2ccc(F)cc2)c1CCC(O)CC(O)CC(=O)[O-].[Na+]. The average molecular weight is 570 g/mol. The molecule has 0 aliphatic heterocycles. The van der Waals surface area contributed by atoms with E-state index in [0.717, 1.165) is 17.0 Å². The Balaban J connectivity index is 0.00000560. The van der Waals surface area contributed by atoms with Gasteiger partial charge in [0.05, 0.1) is 24.4 Å². The molecule has 0 fully saturated rings. The molecule has 12 heteroatoms. The van der Waals surface area contributed by atoms with Gasteiger partial charge in [0, 0.05) is 36.3 Å². The number of amides is 1. The summed E-state index contributed by atoms with van der Waals surface area (Å²) in [6, 6.07) is 8.85. The fourth-order valence-corrected chi connectivity index (χ4v) is 4.45. The van der Waals surface area contributed by atoms with E-state index in [0.29, 0.717) is 16.9 Å². The molecule has 0 spiro atoms. The normalized spacial score (nSPS) is 12.6. The fourth-order valence-electron chi connectivity index (χ4n) is 4.45. The monoisotopic (exact) mass is 569 g/mol. The third-order valence-electron chi connectivity index (χ3n) is 6.34. The maximum atomic E-state index is 14.2. The van der Waals surface area contributed by atoms with Gasteiger partial charge >= 0.3 is 29.6 Å². The zero-order valence-corrected chi connectivity index (χ0v) is 24.9. The molecular formula is C28H31F3N3NaO5. The zero-order valence-electron chi connectivity index (χ0n) is 22.9. The molecule has 0 aliphatic carbocycles. The summed E-state index contributed by atoms with van der Waals surface area (Å²) in [5.41, 5.74) is 1.29. The summed E-state index contributed by atoms with van der Waals surface area (Å²) in [7, 11) is 1.40. The van der Waals surface area contributed by atoms with Crippen molar-refractivity contribution in [3.8, 4) is 5.69 Å². The molecule has 8 nitrogen and oxygen atoms in total. The number of carbonyl (C=O) groups is 2. The molecule has 0 saturated carbocycles. The van der Waals surface area contributed by atoms with Gasteiger partial charge < -0.3 is 25.0 Å². The molecule has 1 heterocycles. The van der Waals surface area contributed by atoms with Gasteiger partial charge in [0.2, 0.25) is 0 Å². The van der Waals surface area contributed by atoms with Gasteiger partial charge in [-0.3, -0.25) is 4.79 Å². The van der Waals surface area contributed by atoms with Gasteiger partial charge in [-0.1, -0.05) is 19.9 Å². The number of carboxylic acid groups (broad SMARTS) is 1. The smallest absolute Gasteiger partial charge is 0.550 e. The number of hydrogen-bond acceptors (Lipinski definition) is 6. The van der Waals surface area contributed by atoms with Gasteiger partial charge in [0.15, 0.2) is 5.69 Å². The third kappa shape index (κ3) is 8.40. The number of halogens is 3. The summed E-state index contributed by atoms with van der Waals surface area (Å²) in [4.78, 5) is 25.4. The molecule has 40 heavy (non-hydrogen) atoms. The maximum Gasteiger partial charge on any atom is 1.00 e. The van der Waals surface area contributed by atoms with Crippen molar-refractivity contribution < 1.29 is 67.6 Å². The van der Waals surface area contributed by atoms with Crippen molar-refractivity contribution in [3.63, 3.8) is 0 Å². The van der Waals surface area contributed by atoms with E-state index in [9.17, 15) is 38.1 Å². The molecule has 0 saturated heterocycles. The quantitative estimate of drug-likeness (QED) is 0.294. The molecule has 3 rings (SSSR count). The number of hydrogen-bond donors (Lipinski definition) is 2. The van der Waals surface area contributed by atoms with E-state index in [1.165, 1.54) is 42.1 Å². The molecule has 2 atom stereocenters. The first-order valence-corrected chi connectivity index (χ1v) is 12.5. The average Bonchev–Trinajstić information content (AvgIpc) is 3.24. The van der Waals surface area contributed by atoms with E-state index >= 15 is 0 Å². The number of carboxylic acids is 1. The Morgan fingerprint density at radius 2 is 1.62 bits per heavy atom. The summed E-state index contributed by atoms with van der Waals surface area (Å²) in [5.74, 6) is -4.32. The van der Waals surface area contributed by atoms with Crippen LogP contribution in [0, 0.1) is 17.5 Å². The van der Waals surface area contributed by atoms with E-state index in [-0.39, 0.29) is 72.5 Å². The number of aliphatic hydroxyl groups is 2. The Morgan fingerprint density at radius 1 is 1.02 bits per heavy atom. The van der Waals surface area contributed by atoms with E-state index in [1.54, 1.807) is 0 Å². The number of carbonyl (C=O) groups excluding carboxylic acids is 2.